The van der Waals surface area contributed by atoms with E-state index in [0.29, 0.717) is 37.5 Å². The summed E-state index contributed by atoms with van der Waals surface area (Å²) in [4.78, 5) is 40.6. The number of unbranched alkanes of at least 4 members (excludes halogenated alkanes) is 1. The van der Waals surface area contributed by atoms with Gasteiger partial charge in [-0.3, -0.25) is 14.9 Å². The fourth-order valence-corrected chi connectivity index (χ4v) is 1.92. The van der Waals surface area contributed by atoms with Gasteiger partial charge in [-0.1, -0.05) is 0 Å². The number of nitrogens with zero attached hydrogens (tertiary/aromatic N) is 1. The molecule has 0 fully saturated rings. The Morgan fingerprint density at radius 1 is 1.22 bits per heavy atom. The highest BCUT2D eigenvalue weighted by atomic mass is 35.5. The van der Waals surface area contributed by atoms with Gasteiger partial charge in [-0.15, -0.1) is 11.6 Å². The highest BCUT2D eigenvalue weighted by Crippen LogP contribution is 1.95. The monoisotopic (exact) mass is 343 g/mol. The highest BCUT2D eigenvalue weighted by Gasteiger charge is 2.04. The van der Waals surface area contributed by atoms with Gasteiger partial charge < -0.3 is 15.6 Å². The number of carbonyl (C=O) groups excluding carboxylic acids is 2. The van der Waals surface area contributed by atoms with Crippen molar-refractivity contribution >= 4 is 29.5 Å². The number of aromatic nitrogens is 2. The van der Waals surface area contributed by atoms with Gasteiger partial charge in [-0.2, -0.15) is 4.98 Å². The molecule has 0 saturated heterocycles. The summed E-state index contributed by atoms with van der Waals surface area (Å²) in [7, 11) is 0. The van der Waals surface area contributed by atoms with Crippen LogP contribution < -0.4 is 21.5 Å². The van der Waals surface area contributed by atoms with Gasteiger partial charge in [0.15, 0.2) is 0 Å². The molecule has 0 saturated carbocycles. The predicted molar refractivity (Wildman–Crippen MR) is 88.8 cm³/mol. The normalized spacial score (nSPS) is 10.2. The summed E-state index contributed by atoms with van der Waals surface area (Å²) in [6.07, 6.45) is 2.59. The molecule has 0 aromatic carbocycles. The quantitative estimate of drug-likeness (QED) is 0.397. The molecule has 128 valence electrons. The molecule has 1 aromatic rings. The van der Waals surface area contributed by atoms with Crippen molar-refractivity contribution in [3.05, 3.63) is 22.1 Å². The van der Waals surface area contributed by atoms with Crippen molar-refractivity contribution in [1.29, 1.82) is 0 Å². The fourth-order valence-electron chi connectivity index (χ4n) is 1.78. The van der Waals surface area contributed by atoms with Gasteiger partial charge in [0, 0.05) is 37.2 Å². The summed E-state index contributed by atoms with van der Waals surface area (Å²) in [5.74, 6) is 0.581. The van der Waals surface area contributed by atoms with Crippen LogP contribution in [0.25, 0.3) is 0 Å². The molecule has 8 nitrogen and oxygen atoms in total. The zero-order valence-corrected chi connectivity index (χ0v) is 13.8. The number of hydrogen-bond donors (Lipinski definition) is 4. The van der Waals surface area contributed by atoms with E-state index in [1.165, 1.54) is 6.07 Å². The number of anilines is 1. The first kappa shape index (κ1) is 19.0. The number of H-pyrrole nitrogens is 1. The van der Waals surface area contributed by atoms with Crippen LogP contribution in [0.4, 0.5) is 10.7 Å². The molecular weight excluding hydrogens is 322 g/mol. The summed E-state index contributed by atoms with van der Waals surface area (Å²) in [6.45, 7) is 2.73. The van der Waals surface area contributed by atoms with Crippen LogP contribution in [-0.4, -0.2) is 40.9 Å². The Kier molecular flexibility index (Phi) is 8.74. The molecule has 3 amide bonds. The first-order valence-electron chi connectivity index (χ1n) is 7.46. The van der Waals surface area contributed by atoms with Crippen molar-refractivity contribution < 1.29 is 9.59 Å². The minimum atomic E-state index is -0.440. The Morgan fingerprint density at radius 2 is 1.91 bits per heavy atom. The zero-order valence-electron chi connectivity index (χ0n) is 13.1. The fraction of sp³-hybridized carbons (Fsp3) is 0.571. The number of rotatable bonds is 9. The number of aromatic amines is 1. The first-order valence-corrected chi connectivity index (χ1v) is 8.00. The van der Waals surface area contributed by atoms with Crippen LogP contribution in [0.2, 0.25) is 0 Å². The Hall–Kier alpha value is -2.09. The number of nitrogens with one attached hydrogen (secondary N) is 4. The molecule has 1 heterocycles. The maximum atomic E-state index is 11.6. The van der Waals surface area contributed by atoms with Crippen LogP contribution >= 0.6 is 11.6 Å². The smallest absolute Gasteiger partial charge is 0.321 e. The Labute approximate surface area is 139 Å². The summed E-state index contributed by atoms with van der Waals surface area (Å²) < 4.78 is 0. The van der Waals surface area contributed by atoms with Crippen LogP contribution in [0.15, 0.2) is 10.9 Å². The Balaban J connectivity index is 2.12. The van der Waals surface area contributed by atoms with Gasteiger partial charge in [-0.25, -0.2) is 4.79 Å². The van der Waals surface area contributed by atoms with Gasteiger partial charge in [-0.05, 0) is 26.2 Å². The molecule has 23 heavy (non-hydrogen) atoms. The standard InChI is InChI=1S/C14H22ClN5O3/c1-10-9-12(22)19-13(18-10)20-14(23)17-8-3-2-7-16-11(21)5-4-6-15/h9H,2-8H2,1H3,(H,16,21)(H3,17,18,19,20,22,23). The first-order chi connectivity index (χ1) is 11.0. The number of alkyl halides is 1. The van der Waals surface area contributed by atoms with E-state index >= 15 is 0 Å². The molecule has 0 aliphatic rings. The lowest BCUT2D eigenvalue weighted by molar-refractivity contribution is -0.121. The van der Waals surface area contributed by atoms with E-state index in [0.717, 1.165) is 12.8 Å². The minimum absolute atomic E-state index is 0.00849. The SMILES string of the molecule is Cc1cc(=O)nc(NC(=O)NCCCCNC(=O)CCCCl)[nH]1. The summed E-state index contributed by atoms with van der Waals surface area (Å²) in [6, 6.07) is 0.898. The second-order valence-electron chi connectivity index (χ2n) is 4.98. The van der Waals surface area contributed by atoms with Crippen molar-refractivity contribution in [2.75, 3.05) is 24.3 Å². The molecule has 0 radical (unpaired) electrons. The van der Waals surface area contributed by atoms with Gasteiger partial charge in [0.25, 0.3) is 5.56 Å². The summed E-state index contributed by atoms with van der Waals surface area (Å²) in [5, 5.41) is 7.89. The second-order valence-corrected chi connectivity index (χ2v) is 5.36. The molecule has 1 aromatic heterocycles. The van der Waals surface area contributed by atoms with E-state index in [1.807, 2.05) is 0 Å². The van der Waals surface area contributed by atoms with Crippen molar-refractivity contribution in [1.82, 2.24) is 20.6 Å². The summed E-state index contributed by atoms with van der Waals surface area (Å²) >= 11 is 5.50. The number of carbonyl (C=O) groups is 2. The Morgan fingerprint density at radius 3 is 2.57 bits per heavy atom. The van der Waals surface area contributed by atoms with E-state index in [1.54, 1.807) is 6.92 Å². The van der Waals surface area contributed by atoms with Gasteiger partial charge >= 0.3 is 6.03 Å². The molecule has 0 aliphatic heterocycles. The third kappa shape index (κ3) is 8.82. The van der Waals surface area contributed by atoms with Crippen molar-refractivity contribution in [2.45, 2.75) is 32.6 Å². The number of aryl methyl sites for hydroxylation is 1. The lowest BCUT2D eigenvalue weighted by Crippen LogP contribution is -2.31. The molecule has 0 bridgehead atoms. The van der Waals surface area contributed by atoms with Crippen LogP contribution in [-0.2, 0) is 4.79 Å². The average molecular weight is 344 g/mol. The van der Waals surface area contributed by atoms with E-state index in [2.05, 4.69) is 25.9 Å². The Bertz CT molecular complexity index is 576. The van der Waals surface area contributed by atoms with Crippen LogP contribution in [0.5, 0.6) is 0 Å². The lowest BCUT2D eigenvalue weighted by Gasteiger charge is -2.08. The van der Waals surface area contributed by atoms with Crippen LogP contribution in [0.1, 0.15) is 31.4 Å². The highest BCUT2D eigenvalue weighted by molar-refractivity contribution is 6.17. The van der Waals surface area contributed by atoms with Gasteiger partial charge in [0.2, 0.25) is 11.9 Å². The third-order valence-corrected chi connectivity index (χ3v) is 3.13. The predicted octanol–water partition coefficient (Wildman–Crippen LogP) is 1.12. The van der Waals surface area contributed by atoms with Crippen molar-refractivity contribution in [3.8, 4) is 0 Å². The number of halogens is 1. The molecule has 4 N–H and O–H groups in total. The number of urea groups is 1. The molecule has 0 atom stereocenters. The average Bonchev–Trinajstić information content (AvgIpc) is 2.47. The van der Waals surface area contributed by atoms with E-state index in [-0.39, 0.29) is 11.9 Å². The largest absolute Gasteiger partial charge is 0.356 e. The molecule has 0 unspecified atom stereocenters. The third-order valence-electron chi connectivity index (χ3n) is 2.86. The van der Waals surface area contributed by atoms with Gasteiger partial charge in [0.05, 0.1) is 0 Å². The maximum Gasteiger partial charge on any atom is 0.321 e. The van der Waals surface area contributed by atoms with E-state index in [4.69, 9.17) is 11.6 Å². The zero-order chi connectivity index (χ0) is 17.1. The van der Waals surface area contributed by atoms with Crippen LogP contribution in [0, 0.1) is 6.92 Å². The van der Waals surface area contributed by atoms with E-state index < -0.39 is 11.6 Å². The molecule has 9 heteroatoms. The van der Waals surface area contributed by atoms with E-state index in [9.17, 15) is 14.4 Å². The van der Waals surface area contributed by atoms with Gasteiger partial charge in [0.1, 0.15) is 0 Å². The van der Waals surface area contributed by atoms with Crippen molar-refractivity contribution in [3.63, 3.8) is 0 Å². The molecule has 1 rings (SSSR count). The molecular formula is C14H22ClN5O3. The lowest BCUT2D eigenvalue weighted by atomic mass is 10.3. The van der Waals surface area contributed by atoms with Crippen molar-refractivity contribution in [2.24, 2.45) is 0 Å². The summed E-state index contributed by atoms with van der Waals surface area (Å²) in [5.41, 5.74) is 0.201. The second kappa shape index (κ2) is 10.6. The van der Waals surface area contributed by atoms with Crippen LogP contribution in [0.3, 0.4) is 0 Å². The minimum Gasteiger partial charge on any atom is -0.356 e. The topological polar surface area (TPSA) is 116 Å². The molecule has 0 aliphatic carbocycles. The molecule has 0 spiro atoms. The number of amides is 3. The maximum absolute atomic E-state index is 11.6. The number of hydrogen-bond acceptors (Lipinski definition) is 4.